The fourth-order valence-electron chi connectivity index (χ4n) is 2.92. The van der Waals surface area contributed by atoms with E-state index in [-0.39, 0.29) is 5.91 Å². The van der Waals surface area contributed by atoms with Crippen LogP contribution in [0, 0.1) is 0 Å². The second-order valence-electron chi connectivity index (χ2n) is 6.34. The fraction of sp³-hybridized carbons (Fsp3) is 0.300. The van der Waals surface area contributed by atoms with Crippen LogP contribution in [-0.2, 0) is 9.53 Å². The molecule has 1 aromatic heterocycles. The molecular formula is C20H21N3O4S. The number of hydrogen-bond donors (Lipinski definition) is 0. The summed E-state index contributed by atoms with van der Waals surface area (Å²) in [6, 6.07) is 11.2. The van der Waals surface area contributed by atoms with Crippen LogP contribution in [0.3, 0.4) is 0 Å². The number of anilines is 1. The van der Waals surface area contributed by atoms with Crippen LogP contribution < -0.4 is 9.64 Å². The van der Waals surface area contributed by atoms with E-state index in [2.05, 4.69) is 9.89 Å². The molecule has 4 rings (SSSR count). The van der Waals surface area contributed by atoms with Gasteiger partial charge in [0.05, 0.1) is 30.9 Å². The lowest BCUT2D eigenvalue weighted by Crippen LogP contribution is -2.35. The van der Waals surface area contributed by atoms with Gasteiger partial charge in [-0.1, -0.05) is 0 Å². The van der Waals surface area contributed by atoms with Gasteiger partial charge in [-0.05, 0) is 42.1 Å². The molecule has 8 heteroatoms. The van der Waals surface area contributed by atoms with Crippen LogP contribution in [0.2, 0.25) is 0 Å². The zero-order valence-electron chi connectivity index (χ0n) is 15.8. The number of ether oxygens (including phenoxy) is 2. The van der Waals surface area contributed by atoms with Crippen LogP contribution >= 0.6 is 11.8 Å². The van der Waals surface area contributed by atoms with Gasteiger partial charge >= 0.3 is 0 Å². The van der Waals surface area contributed by atoms with E-state index in [4.69, 9.17) is 13.9 Å². The largest absolute Gasteiger partial charge is 0.497 e. The molecule has 1 aromatic carbocycles. The molecule has 0 radical (unpaired) electrons. The van der Waals surface area contributed by atoms with Crippen molar-refractivity contribution in [2.75, 3.05) is 45.4 Å². The number of benzene rings is 1. The Labute approximate surface area is 167 Å². The van der Waals surface area contributed by atoms with Gasteiger partial charge in [-0.2, -0.15) is 0 Å². The number of methoxy groups -OCH3 is 1. The SMILES string of the molecule is COc1ccc(N=C2S/C(=C\c3ccc(N4CCOCC4)o3)C(=O)N2C)cc1. The number of rotatable bonds is 4. The average Bonchev–Trinajstić information content (AvgIpc) is 3.30. The van der Waals surface area contributed by atoms with Gasteiger partial charge in [-0.3, -0.25) is 9.69 Å². The topological polar surface area (TPSA) is 67.5 Å². The van der Waals surface area contributed by atoms with Crippen molar-refractivity contribution in [2.45, 2.75) is 0 Å². The normalized spacial score (nSPS) is 20.4. The van der Waals surface area contributed by atoms with E-state index in [0.717, 1.165) is 30.4 Å². The van der Waals surface area contributed by atoms with Crippen molar-refractivity contribution in [3.8, 4) is 5.75 Å². The van der Waals surface area contributed by atoms with Gasteiger partial charge in [0.1, 0.15) is 11.5 Å². The standard InChI is InChI=1S/C20H21N3O4S/c1-22-19(24)17(28-20(22)21-14-3-5-15(25-2)6-4-14)13-16-7-8-18(27-16)23-9-11-26-12-10-23/h3-8,13H,9-12H2,1-2H3/b17-13-,21-20?. The van der Waals surface area contributed by atoms with Crippen LogP contribution in [0.1, 0.15) is 5.76 Å². The van der Waals surface area contributed by atoms with Gasteiger partial charge < -0.3 is 18.8 Å². The summed E-state index contributed by atoms with van der Waals surface area (Å²) in [7, 11) is 3.34. The smallest absolute Gasteiger partial charge is 0.266 e. The van der Waals surface area contributed by atoms with Crippen LogP contribution in [0.25, 0.3) is 6.08 Å². The molecule has 2 aromatic rings. The van der Waals surface area contributed by atoms with Gasteiger partial charge in [-0.25, -0.2) is 4.99 Å². The summed E-state index contributed by atoms with van der Waals surface area (Å²) in [6.45, 7) is 3.00. The van der Waals surface area contributed by atoms with Crippen molar-refractivity contribution >= 4 is 40.5 Å². The van der Waals surface area contributed by atoms with E-state index in [0.29, 0.717) is 29.0 Å². The van der Waals surface area contributed by atoms with E-state index < -0.39 is 0 Å². The predicted octanol–water partition coefficient (Wildman–Crippen LogP) is 3.36. The van der Waals surface area contributed by atoms with Crippen molar-refractivity contribution in [1.82, 2.24) is 4.90 Å². The number of thioether (sulfide) groups is 1. The first kappa shape index (κ1) is 18.6. The average molecular weight is 399 g/mol. The van der Waals surface area contributed by atoms with Gasteiger partial charge in [0.25, 0.3) is 5.91 Å². The van der Waals surface area contributed by atoms with Crippen molar-refractivity contribution in [2.24, 2.45) is 4.99 Å². The molecule has 0 unspecified atom stereocenters. The Morgan fingerprint density at radius 3 is 2.61 bits per heavy atom. The second kappa shape index (κ2) is 8.12. The number of furan rings is 1. The number of amidine groups is 1. The summed E-state index contributed by atoms with van der Waals surface area (Å²) in [4.78, 5) is 21.4. The lowest BCUT2D eigenvalue weighted by Gasteiger charge is -2.26. The minimum atomic E-state index is -0.0958. The molecule has 146 valence electrons. The Bertz CT molecular complexity index is 914. The molecule has 3 heterocycles. The lowest BCUT2D eigenvalue weighted by atomic mass is 10.3. The molecule has 0 aliphatic carbocycles. The molecular weight excluding hydrogens is 378 g/mol. The molecule has 0 bridgehead atoms. The first-order valence-corrected chi connectivity index (χ1v) is 9.78. The Hall–Kier alpha value is -2.71. The van der Waals surface area contributed by atoms with E-state index in [1.165, 1.54) is 11.8 Å². The highest BCUT2D eigenvalue weighted by Gasteiger charge is 2.30. The second-order valence-corrected chi connectivity index (χ2v) is 7.35. The quantitative estimate of drug-likeness (QED) is 0.735. The Kier molecular flexibility index (Phi) is 5.40. The van der Waals surface area contributed by atoms with Gasteiger partial charge in [0.2, 0.25) is 0 Å². The number of morpholine rings is 1. The number of hydrogen-bond acceptors (Lipinski definition) is 7. The molecule has 0 N–H and O–H groups in total. The first-order chi connectivity index (χ1) is 13.6. The Balaban J connectivity index is 1.51. The Morgan fingerprint density at radius 1 is 1.14 bits per heavy atom. The number of likely N-dealkylation sites (N-methyl/N-ethyl adjacent to an activating group) is 1. The number of carbonyl (C=O) groups excluding carboxylic acids is 1. The molecule has 0 spiro atoms. The van der Waals surface area contributed by atoms with Crippen LogP contribution in [-0.4, -0.2) is 56.4 Å². The van der Waals surface area contributed by atoms with E-state index >= 15 is 0 Å². The third-order valence-corrected chi connectivity index (χ3v) is 5.57. The van der Waals surface area contributed by atoms with E-state index in [9.17, 15) is 4.79 Å². The third kappa shape index (κ3) is 3.93. The highest BCUT2D eigenvalue weighted by molar-refractivity contribution is 8.18. The highest BCUT2D eigenvalue weighted by atomic mass is 32.2. The number of amides is 1. The van der Waals surface area contributed by atoms with E-state index in [1.807, 2.05) is 36.4 Å². The zero-order valence-corrected chi connectivity index (χ0v) is 16.6. The molecule has 7 nitrogen and oxygen atoms in total. The lowest BCUT2D eigenvalue weighted by molar-refractivity contribution is -0.121. The summed E-state index contributed by atoms with van der Waals surface area (Å²) in [5.41, 5.74) is 0.761. The molecule has 2 fully saturated rings. The first-order valence-electron chi connectivity index (χ1n) is 8.97. The van der Waals surface area contributed by atoms with Crippen molar-refractivity contribution in [3.05, 3.63) is 47.1 Å². The summed E-state index contributed by atoms with van der Waals surface area (Å²) in [5.74, 6) is 2.12. The van der Waals surface area contributed by atoms with E-state index in [1.54, 1.807) is 25.1 Å². The number of carbonyl (C=O) groups is 1. The minimum absolute atomic E-state index is 0.0958. The molecule has 0 saturated carbocycles. The fourth-order valence-corrected chi connectivity index (χ4v) is 3.89. The summed E-state index contributed by atoms with van der Waals surface area (Å²) in [6.07, 6.45) is 1.77. The van der Waals surface area contributed by atoms with Gasteiger partial charge in [0.15, 0.2) is 11.1 Å². The maximum atomic E-state index is 12.6. The minimum Gasteiger partial charge on any atom is -0.497 e. The molecule has 2 aliphatic rings. The molecule has 2 saturated heterocycles. The van der Waals surface area contributed by atoms with Crippen LogP contribution in [0.15, 0.2) is 50.7 Å². The molecule has 2 aliphatic heterocycles. The predicted molar refractivity (Wildman–Crippen MR) is 110 cm³/mol. The monoisotopic (exact) mass is 399 g/mol. The number of nitrogens with zero attached hydrogens (tertiary/aromatic N) is 3. The van der Waals surface area contributed by atoms with Crippen LogP contribution in [0.5, 0.6) is 5.75 Å². The molecule has 28 heavy (non-hydrogen) atoms. The zero-order chi connectivity index (χ0) is 19.5. The van der Waals surface area contributed by atoms with Crippen molar-refractivity contribution < 1.29 is 18.7 Å². The number of aliphatic imine (C=N–C) groups is 1. The molecule has 1 amide bonds. The van der Waals surface area contributed by atoms with Gasteiger partial charge in [0, 0.05) is 32.3 Å². The Morgan fingerprint density at radius 2 is 1.89 bits per heavy atom. The molecule has 0 atom stereocenters. The van der Waals surface area contributed by atoms with Crippen molar-refractivity contribution in [3.63, 3.8) is 0 Å². The third-order valence-electron chi connectivity index (χ3n) is 4.51. The maximum absolute atomic E-state index is 12.6. The highest BCUT2D eigenvalue weighted by Crippen LogP contribution is 2.34. The summed E-state index contributed by atoms with van der Waals surface area (Å²) < 4.78 is 16.4. The summed E-state index contributed by atoms with van der Waals surface area (Å²) >= 11 is 1.33. The van der Waals surface area contributed by atoms with Crippen molar-refractivity contribution in [1.29, 1.82) is 0 Å². The summed E-state index contributed by atoms with van der Waals surface area (Å²) in [5, 5.41) is 0.626. The maximum Gasteiger partial charge on any atom is 0.266 e. The van der Waals surface area contributed by atoms with Crippen LogP contribution in [0.4, 0.5) is 11.6 Å². The van der Waals surface area contributed by atoms with Gasteiger partial charge in [-0.15, -0.1) is 0 Å².